The van der Waals surface area contributed by atoms with Gasteiger partial charge in [0.1, 0.15) is 17.3 Å². The predicted molar refractivity (Wildman–Crippen MR) is 81.8 cm³/mol. The van der Waals surface area contributed by atoms with Crippen molar-refractivity contribution in [1.82, 2.24) is 9.88 Å². The first-order valence-corrected chi connectivity index (χ1v) is 7.73. The maximum Gasteiger partial charge on any atom is 0.329 e. The fourth-order valence-corrected chi connectivity index (χ4v) is 2.73. The van der Waals surface area contributed by atoms with Gasteiger partial charge in [-0.2, -0.15) is 0 Å². The van der Waals surface area contributed by atoms with Gasteiger partial charge in [-0.05, 0) is 61.7 Å². The fraction of sp³-hybridized carbons (Fsp3) is 0.533. The third kappa shape index (κ3) is 3.81. The Kier molecular flexibility index (Phi) is 4.66. The zero-order valence-corrected chi connectivity index (χ0v) is 14.0. The number of aromatic nitrogens is 1. The zero-order chi connectivity index (χ0) is 15.6. The van der Waals surface area contributed by atoms with Gasteiger partial charge in [0.05, 0.1) is 0 Å². The van der Waals surface area contributed by atoms with Gasteiger partial charge in [0.2, 0.25) is 0 Å². The predicted octanol–water partition coefficient (Wildman–Crippen LogP) is 2.79. The van der Waals surface area contributed by atoms with Crippen molar-refractivity contribution in [3.63, 3.8) is 0 Å². The Morgan fingerprint density at radius 1 is 1.43 bits per heavy atom. The minimum atomic E-state index is -0.556. The molecule has 0 bridgehead atoms. The molecular weight excluding hydrogens is 336 g/mol. The summed E-state index contributed by atoms with van der Waals surface area (Å²) in [6.07, 6.45) is 2.99. The van der Waals surface area contributed by atoms with Gasteiger partial charge in [0.25, 0.3) is 5.91 Å². The quantitative estimate of drug-likeness (QED) is 0.766. The summed E-state index contributed by atoms with van der Waals surface area (Å²) in [5.41, 5.74) is -0.229. The van der Waals surface area contributed by atoms with Crippen molar-refractivity contribution in [2.24, 2.45) is 0 Å². The van der Waals surface area contributed by atoms with Crippen molar-refractivity contribution in [3.8, 4) is 0 Å². The number of amides is 1. The number of halogens is 1. The number of rotatable bonds is 2. The number of ether oxygens (including phenoxy) is 1. The molecule has 6 heteroatoms. The molecular formula is C15H19BrN2O3. The van der Waals surface area contributed by atoms with Gasteiger partial charge >= 0.3 is 5.97 Å². The van der Waals surface area contributed by atoms with Gasteiger partial charge in [-0.15, -0.1) is 0 Å². The molecule has 0 N–H and O–H groups in total. The standard InChI is InChI=1S/C15H19BrN2O3/c1-15(2,3)21-14(20)11-7-5-9-18(11)13(19)12-10(16)6-4-8-17-12/h4,6,8,11H,5,7,9H2,1-3H3/t11-/m1/s1. The summed E-state index contributed by atoms with van der Waals surface area (Å²) in [5, 5.41) is 0. The molecule has 0 saturated carbocycles. The number of nitrogens with zero attached hydrogens (tertiary/aromatic N) is 2. The second kappa shape index (κ2) is 6.13. The topological polar surface area (TPSA) is 59.5 Å². The van der Waals surface area contributed by atoms with Crippen molar-refractivity contribution in [1.29, 1.82) is 0 Å². The smallest absolute Gasteiger partial charge is 0.329 e. The van der Waals surface area contributed by atoms with Crippen LogP contribution in [0.4, 0.5) is 0 Å². The van der Waals surface area contributed by atoms with Gasteiger partial charge in [-0.1, -0.05) is 0 Å². The van der Waals surface area contributed by atoms with Gasteiger partial charge in [0, 0.05) is 17.2 Å². The summed E-state index contributed by atoms with van der Waals surface area (Å²) in [7, 11) is 0. The monoisotopic (exact) mass is 354 g/mol. The van der Waals surface area contributed by atoms with E-state index in [-0.39, 0.29) is 11.9 Å². The normalized spacial score (nSPS) is 18.7. The number of carbonyl (C=O) groups excluding carboxylic acids is 2. The summed E-state index contributed by atoms with van der Waals surface area (Å²) in [6, 6.07) is 2.99. The highest BCUT2D eigenvalue weighted by atomic mass is 79.9. The average molecular weight is 355 g/mol. The van der Waals surface area contributed by atoms with E-state index in [9.17, 15) is 9.59 Å². The molecule has 1 amide bonds. The van der Waals surface area contributed by atoms with E-state index in [2.05, 4.69) is 20.9 Å². The SMILES string of the molecule is CC(C)(C)OC(=O)[C@H]1CCCN1C(=O)c1ncccc1Br. The number of carbonyl (C=O) groups is 2. The lowest BCUT2D eigenvalue weighted by atomic mass is 10.1. The zero-order valence-electron chi connectivity index (χ0n) is 12.4. The van der Waals surface area contributed by atoms with Gasteiger partial charge < -0.3 is 9.64 Å². The maximum absolute atomic E-state index is 12.6. The number of hydrogen-bond donors (Lipinski definition) is 0. The lowest BCUT2D eigenvalue weighted by Gasteiger charge is -2.27. The molecule has 0 aromatic carbocycles. The van der Waals surface area contributed by atoms with Gasteiger partial charge in [-0.3, -0.25) is 4.79 Å². The highest BCUT2D eigenvalue weighted by Gasteiger charge is 2.38. The lowest BCUT2D eigenvalue weighted by Crippen LogP contribution is -2.43. The van der Waals surface area contributed by atoms with Gasteiger partial charge in [-0.25, -0.2) is 9.78 Å². The summed E-state index contributed by atoms with van der Waals surface area (Å²) < 4.78 is 6.03. The molecule has 0 unspecified atom stereocenters. The van der Waals surface area contributed by atoms with Crippen molar-refractivity contribution in [3.05, 3.63) is 28.5 Å². The third-order valence-corrected chi connectivity index (χ3v) is 3.79. The van der Waals surface area contributed by atoms with E-state index in [1.54, 1.807) is 23.2 Å². The molecule has 1 aliphatic heterocycles. The average Bonchev–Trinajstić information content (AvgIpc) is 2.85. The molecule has 1 atom stereocenters. The van der Waals surface area contributed by atoms with Crippen molar-refractivity contribution < 1.29 is 14.3 Å². The van der Waals surface area contributed by atoms with Crippen LogP contribution < -0.4 is 0 Å². The minimum absolute atomic E-state index is 0.240. The lowest BCUT2D eigenvalue weighted by molar-refractivity contribution is -0.159. The Labute approximate surface area is 132 Å². The Hall–Kier alpha value is -1.43. The summed E-state index contributed by atoms with van der Waals surface area (Å²) in [4.78, 5) is 30.5. The summed E-state index contributed by atoms with van der Waals surface area (Å²) >= 11 is 3.32. The molecule has 5 nitrogen and oxygen atoms in total. The van der Waals surface area contributed by atoms with Gasteiger partial charge in [0.15, 0.2) is 0 Å². The van der Waals surface area contributed by atoms with Crippen LogP contribution in [0.3, 0.4) is 0 Å². The molecule has 21 heavy (non-hydrogen) atoms. The van der Waals surface area contributed by atoms with Crippen LogP contribution in [0.15, 0.2) is 22.8 Å². The summed E-state index contributed by atoms with van der Waals surface area (Å²) in [5.74, 6) is -0.587. The number of hydrogen-bond acceptors (Lipinski definition) is 4. The molecule has 0 spiro atoms. The Morgan fingerprint density at radius 2 is 2.14 bits per heavy atom. The van der Waals surface area contributed by atoms with Crippen LogP contribution in [-0.4, -0.2) is 39.9 Å². The van der Waals surface area contributed by atoms with E-state index < -0.39 is 11.6 Å². The van der Waals surface area contributed by atoms with E-state index in [0.29, 0.717) is 23.1 Å². The molecule has 1 aromatic rings. The first kappa shape index (κ1) is 15.9. The molecule has 2 rings (SSSR count). The van der Waals surface area contributed by atoms with Crippen molar-refractivity contribution in [2.75, 3.05) is 6.54 Å². The molecule has 0 radical (unpaired) electrons. The Morgan fingerprint density at radius 3 is 2.76 bits per heavy atom. The fourth-order valence-electron chi connectivity index (χ4n) is 2.30. The molecule has 0 aliphatic carbocycles. The van der Waals surface area contributed by atoms with Crippen molar-refractivity contribution in [2.45, 2.75) is 45.3 Å². The second-order valence-corrected chi connectivity index (χ2v) is 6.88. The first-order chi connectivity index (χ1) is 9.79. The Bertz CT molecular complexity index is 554. The maximum atomic E-state index is 12.6. The van der Waals surface area contributed by atoms with E-state index in [1.165, 1.54) is 0 Å². The van der Waals surface area contributed by atoms with Crippen LogP contribution in [0.25, 0.3) is 0 Å². The largest absolute Gasteiger partial charge is 0.458 e. The van der Waals surface area contributed by atoms with E-state index >= 15 is 0 Å². The third-order valence-electron chi connectivity index (χ3n) is 3.15. The second-order valence-electron chi connectivity index (χ2n) is 6.02. The Balaban J connectivity index is 2.17. The van der Waals surface area contributed by atoms with Crippen LogP contribution in [0, 0.1) is 0 Å². The van der Waals surface area contributed by atoms with Crippen LogP contribution in [0.1, 0.15) is 44.1 Å². The van der Waals surface area contributed by atoms with E-state index in [1.807, 2.05) is 20.8 Å². The van der Waals surface area contributed by atoms with E-state index in [4.69, 9.17) is 4.74 Å². The highest BCUT2D eigenvalue weighted by molar-refractivity contribution is 9.10. The summed E-state index contributed by atoms with van der Waals surface area (Å²) in [6.45, 7) is 6.01. The van der Waals surface area contributed by atoms with Crippen LogP contribution in [0.5, 0.6) is 0 Å². The number of likely N-dealkylation sites (tertiary alicyclic amines) is 1. The van der Waals surface area contributed by atoms with Crippen LogP contribution in [-0.2, 0) is 9.53 Å². The van der Waals surface area contributed by atoms with E-state index in [0.717, 1.165) is 6.42 Å². The first-order valence-electron chi connectivity index (χ1n) is 6.94. The molecule has 114 valence electrons. The molecule has 1 aliphatic rings. The highest BCUT2D eigenvalue weighted by Crippen LogP contribution is 2.24. The van der Waals surface area contributed by atoms with Crippen LogP contribution >= 0.6 is 15.9 Å². The number of esters is 1. The molecule has 1 saturated heterocycles. The minimum Gasteiger partial charge on any atom is -0.458 e. The molecule has 1 fully saturated rings. The molecule has 2 heterocycles. The van der Waals surface area contributed by atoms with Crippen LogP contribution in [0.2, 0.25) is 0 Å². The molecule has 1 aromatic heterocycles. The van der Waals surface area contributed by atoms with Crippen molar-refractivity contribution >= 4 is 27.8 Å². The number of pyridine rings is 1.